The second-order valence-corrected chi connectivity index (χ2v) is 6.41. The van der Waals surface area contributed by atoms with Gasteiger partial charge in [0.15, 0.2) is 0 Å². The van der Waals surface area contributed by atoms with Crippen LogP contribution in [0.15, 0.2) is 41.3 Å². The van der Waals surface area contributed by atoms with E-state index in [-0.39, 0.29) is 11.7 Å². The third-order valence-corrected chi connectivity index (χ3v) is 4.28. The lowest BCUT2D eigenvalue weighted by atomic mass is 10.2. The monoisotopic (exact) mass is 337 g/mol. The summed E-state index contributed by atoms with van der Waals surface area (Å²) >= 11 is 0. The number of oxazole rings is 1. The summed E-state index contributed by atoms with van der Waals surface area (Å²) in [6.07, 6.45) is 9.18. The fourth-order valence-electron chi connectivity index (χ4n) is 2.75. The number of aromatic nitrogens is 4. The largest absolute Gasteiger partial charge is 0.430 e. The second kappa shape index (κ2) is 6.16. The van der Waals surface area contributed by atoms with Crippen molar-refractivity contribution < 1.29 is 9.21 Å². The number of anilines is 1. The molecule has 1 saturated carbocycles. The quantitative estimate of drug-likeness (QED) is 0.715. The summed E-state index contributed by atoms with van der Waals surface area (Å²) in [5.74, 6) is 1.04. The van der Waals surface area contributed by atoms with Crippen molar-refractivity contribution >= 4 is 11.6 Å². The zero-order chi connectivity index (χ0) is 17.4. The maximum absolute atomic E-state index is 13.1. The molecule has 0 aromatic carbocycles. The highest BCUT2D eigenvalue weighted by molar-refractivity contribution is 6.05. The first-order chi connectivity index (χ1) is 12.1. The Hall–Kier alpha value is -2.96. The first-order valence-corrected chi connectivity index (χ1v) is 8.30. The molecule has 0 bridgehead atoms. The van der Waals surface area contributed by atoms with Crippen molar-refractivity contribution in [2.24, 2.45) is 13.0 Å². The fraction of sp³-hybridized carbons (Fsp3) is 0.333. The highest BCUT2D eigenvalue weighted by atomic mass is 16.4. The average Bonchev–Trinajstić information content (AvgIpc) is 3.21. The fourth-order valence-corrected chi connectivity index (χ4v) is 2.75. The van der Waals surface area contributed by atoms with Crippen molar-refractivity contribution in [1.29, 1.82) is 0 Å². The zero-order valence-corrected chi connectivity index (χ0v) is 14.2. The van der Waals surface area contributed by atoms with Crippen molar-refractivity contribution in [2.75, 3.05) is 11.4 Å². The summed E-state index contributed by atoms with van der Waals surface area (Å²) in [7, 11) is 1.82. The second-order valence-electron chi connectivity index (χ2n) is 6.41. The van der Waals surface area contributed by atoms with Gasteiger partial charge in [-0.05, 0) is 37.8 Å². The number of hydrogen-bond acceptors (Lipinski definition) is 5. The number of nitrogens with zero attached hydrogens (tertiary/aromatic N) is 5. The van der Waals surface area contributed by atoms with Gasteiger partial charge in [0.2, 0.25) is 11.7 Å². The lowest BCUT2D eigenvalue weighted by molar-refractivity contribution is 0.0959. The molecule has 3 aromatic heterocycles. The van der Waals surface area contributed by atoms with Crippen LogP contribution in [0.1, 0.15) is 29.1 Å². The number of carbonyl (C=O) groups excluding carboxylic acids is 1. The van der Waals surface area contributed by atoms with Gasteiger partial charge in [-0.25, -0.2) is 4.98 Å². The van der Waals surface area contributed by atoms with E-state index in [9.17, 15) is 4.79 Å². The number of hydrogen-bond donors (Lipinski definition) is 0. The summed E-state index contributed by atoms with van der Waals surface area (Å²) < 4.78 is 7.48. The van der Waals surface area contributed by atoms with Crippen molar-refractivity contribution in [2.45, 2.75) is 19.8 Å². The minimum Gasteiger partial charge on any atom is -0.430 e. The van der Waals surface area contributed by atoms with Crippen LogP contribution in [-0.4, -0.2) is 32.2 Å². The van der Waals surface area contributed by atoms with E-state index in [1.165, 1.54) is 0 Å². The predicted molar refractivity (Wildman–Crippen MR) is 92.1 cm³/mol. The van der Waals surface area contributed by atoms with Gasteiger partial charge < -0.3 is 9.32 Å². The Morgan fingerprint density at radius 2 is 2.24 bits per heavy atom. The Bertz CT molecular complexity index is 895. The normalized spacial score (nSPS) is 13.8. The number of carbonyl (C=O) groups is 1. The van der Waals surface area contributed by atoms with Gasteiger partial charge in [0.05, 0.1) is 29.3 Å². The van der Waals surface area contributed by atoms with Crippen LogP contribution in [0.5, 0.6) is 0 Å². The smallest absolute Gasteiger partial charge is 0.296 e. The van der Waals surface area contributed by atoms with Gasteiger partial charge in [0.25, 0.3) is 5.91 Å². The average molecular weight is 337 g/mol. The molecular formula is C18H19N5O2. The molecule has 25 heavy (non-hydrogen) atoms. The van der Waals surface area contributed by atoms with E-state index < -0.39 is 0 Å². The van der Waals surface area contributed by atoms with Crippen LogP contribution in [-0.2, 0) is 7.05 Å². The molecule has 0 radical (unpaired) electrons. The number of rotatable bonds is 5. The van der Waals surface area contributed by atoms with E-state index in [4.69, 9.17) is 4.42 Å². The van der Waals surface area contributed by atoms with Crippen molar-refractivity contribution in [3.63, 3.8) is 0 Å². The van der Waals surface area contributed by atoms with Gasteiger partial charge in [-0.3, -0.25) is 14.5 Å². The summed E-state index contributed by atoms with van der Waals surface area (Å²) in [6, 6.07) is 3.72. The standard InChI is InChI=1S/C18H19N5O2/c1-12-16(25-17(21-12)14-8-20-22(2)11-14)18(24)23(10-13-5-6-13)15-4-3-7-19-9-15/h3-4,7-9,11,13H,5-6,10H2,1-2H3. The Morgan fingerprint density at radius 3 is 2.88 bits per heavy atom. The van der Waals surface area contributed by atoms with Crippen LogP contribution in [0, 0.1) is 12.8 Å². The Morgan fingerprint density at radius 1 is 1.40 bits per heavy atom. The molecule has 3 aromatic rings. The molecule has 128 valence electrons. The molecule has 0 aliphatic heterocycles. The van der Waals surface area contributed by atoms with Crippen LogP contribution in [0.3, 0.4) is 0 Å². The van der Waals surface area contributed by atoms with Crippen molar-refractivity contribution in [3.8, 4) is 11.5 Å². The molecule has 0 unspecified atom stereocenters. The first kappa shape index (κ1) is 15.6. The van der Waals surface area contributed by atoms with E-state index in [2.05, 4.69) is 15.1 Å². The summed E-state index contributed by atoms with van der Waals surface area (Å²) in [5, 5.41) is 4.12. The van der Waals surface area contributed by atoms with Crippen LogP contribution in [0.4, 0.5) is 5.69 Å². The molecule has 7 nitrogen and oxygen atoms in total. The maximum Gasteiger partial charge on any atom is 0.296 e. The number of aryl methyl sites for hydroxylation is 2. The van der Waals surface area contributed by atoms with Gasteiger partial charge in [0.1, 0.15) is 0 Å². The van der Waals surface area contributed by atoms with E-state index in [1.807, 2.05) is 25.4 Å². The SMILES string of the molecule is Cc1nc(-c2cnn(C)c2)oc1C(=O)N(CC1CC1)c1cccnc1. The molecule has 4 rings (SSSR count). The summed E-state index contributed by atoms with van der Waals surface area (Å²) in [5.41, 5.74) is 2.10. The van der Waals surface area contributed by atoms with Gasteiger partial charge in [0, 0.05) is 26.0 Å². The molecule has 0 saturated heterocycles. The number of amides is 1. The molecule has 1 fully saturated rings. The molecule has 3 heterocycles. The van der Waals surface area contributed by atoms with Gasteiger partial charge in [-0.1, -0.05) is 0 Å². The summed E-state index contributed by atoms with van der Waals surface area (Å²) in [4.78, 5) is 23.4. The minimum absolute atomic E-state index is 0.181. The molecule has 0 atom stereocenters. The number of pyridine rings is 1. The van der Waals surface area contributed by atoms with E-state index in [0.717, 1.165) is 24.1 Å². The van der Waals surface area contributed by atoms with Crippen LogP contribution in [0.25, 0.3) is 11.5 Å². The van der Waals surface area contributed by atoms with Gasteiger partial charge in [-0.15, -0.1) is 0 Å². The maximum atomic E-state index is 13.1. The van der Waals surface area contributed by atoms with Crippen LogP contribution < -0.4 is 4.90 Å². The van der Waals surface area contributed by atoms with Crippen molar-refractivity contribution in [3.05, 3.63) is 48.4 Å². The lowest BCUT2D eigenvalue weighted by Gasteiger charge is -2.21. The predicted octanol–water partition coefficient (Wildman–Crippen LogP) is 2.84. The third-order valence-electron chi connectivity index (χ3n) is 4.28. The van der Waals surface area contributed by atoms with E-state index >= 15 is 0 Å². The zero-order valence-electron chi connectivity index (χ0n) is 14.2. The molecule has 1 aliphatic rings. The van der Waals surface area contributed by atoms with E-state index in [1.54, 1.807) is 35.1 Å². The summed E-state index contributed by atoms with van der Waals surface area (Å²) in [6.45, 7) is 2.46. The van der Waals surface area contributed by atoms with E-state index in [0.29, 0.717) is 24.0 Å². The third kappa shape index (κ3) is 3.17. The highest BCUT2D eigenvalue weighted by Crippen LogP contribution is 2.32. The van der Waals surface area contributed by atoms with Crippen LogP contribution >= 0.6 is 0 Å². The van der Waals surface area contributed by atoms with Gasteiger partial charge in [-0.2, -0.15) is 5.10 Å². The molecule has 1 amide bonds. The van der Waals surface area contributed by atoms with Gasteiger partial charge >= 0.3 is 0 Å². The lowest BCUT2D eigenvalue weighted by Crippen LogP contribution is -2.33. The molecule has 0 N–H and O–H groups in total. The van der Waals surface area contributed by atoms with Crippen LogP contribution in [0.2, 0.25) is 0 Å². The minimum atomic E-state index is -0.181. The molecule has 7 heteroatoms. The highest BCUT2D eigenvalue weighted by Gasteiger charge is 2.31. The first-order valence-electron chi connectivity index (χ1n) is 8.30. The Balaban J connectivity index is 1.67. The molecule has 0 spiro atoms. The molecular weight excluding hydrogens is 318 g/mol. The Kier molecular flexibility index (Phi) is 3.83. The Labute approximate surface area is 145 Å². The topological polar surface area (TPSA) is 77.0 Å². The molecule has 1 aliphatic carbocycles. The van der Waals surface area contributed by atoms with Crippen molar-refractivity contribution in [1.82, 2.24) is 19.7 Å².